The zero-order valence-corrected chi connectivity index (χ0v) is 11.3. The molecule has 7 heteroatoms. The molecule has 0 aliphatic heterocycles. The van der Waals surface area contributed by atoms with Crippen molar-refractivity contribution in [2.75, 3.05) is 11.9 Å². The molecule has 0 heterocycles. The number of halogens is 4. The average Bonchev–Trinajstić information content (AvgIpc) is 2.41. The minimum atomic E-state index is -0.930. The molecule has 0 saturated heterocycles. The molecule has 0 unspecified atom stereocenters. The Hall–Kier alpha value is -2.21. The third kappa shape index (κ3) is 4.13. The van der Waals surface area contributed by atoms with Gasteiger partial charge < -0.3 is 10.1 Å². The van der Waals surface area contributed by atoms with Crippen molar-refractivity contribution in [3.63, 3.8) is 0 Å². The fraction of sp³-hybridized carbons (Fsp3) is 0.0714. The lowest BCUT2D eigenvalue weighted by molar-refractivity contribution is -0.118. The van der Waals surface area contributed by atoms with Crippen molar-refractivity contribution in [1.82, 2.24) is 0 Å². The predicted octanol–water partition coefficient (Wildman–Crippen LogP) is 3.77. The molecule has 0 radical (unpaired) electrons. The molecule has 1 N–H and O–H groups in total. The van der Waals surface area contributed by atoms with E-state index >= 15 is 0 Å². The summed E-state index contributed by atoms with van der Waals surface area (Å²) in [5.41, 5.74) is -0.0763. The van der Waals surface area contributed by atoms with E-state index in [2.05, 4.69) is 5.32 Å². The Morgan fingerprint density at radius 3 is 2.52 bits per heavy atom. The van der Waals surface area contributed by atoms with Gasteiger partial charge >= 0.3 is 0 Å². The van der Waals surface area contributed by atoms with Crippen molar-refractivity contribution in [3.05, 3.63) is 58.9 Å². The van der Waals surface area contributed by atoms with E-state index in [4.69, 9.17) is 16.3 Å². The van der Waals surface area contributed by atoms with Gasteiger partial charge in [-0.15, -0.1) is 0 Å². The Balaban J connectivity index is 1.96. The van der Waals surface area contributed by atoms with E-state index < -0.39 is 30.0 Å². The first kappa shape index (κ1) is 15.2. The molecule has 0 saturated carbocycles. The van der Waals surface area contributed by atoms with Gasteiger partial charge in [0.15, 0.2) is 18.2 Å². The molecule has 0 aromatic heterocycles. The van der Waals surface area contributed by atoms with Gasteiger partial charge in [-0.05, 0) is 30.3 Å². The van der Waals surface area contributed by atoms with Gasteiger partial charge in [-0.3, -0.25) is 4.79 Å². The zero-order chi connectivity index (χ0) is 15.4. The number of carbonyl (C=O) groups is 1. The number of benzene rings is 2. The van der Waals surface area contributed by atoms with E-state index in [0.29, 0.717) is 6.07 Å². The van der Waals surface area contributed by atoms with Crippen molar-refractivity contribution in [2.45, 2.75) is 0 Å². The minimum Gasteiger partial charge on any atom is -0.481 e. The van der Waals surface area contributed by atoms with Crippen LogP contribution in [0.25, 0.3) is 0 Å². The van der Waals surface area contributed by atoms with Crippen molar-refractivity contribution < 1.29 is 22.7 Å². The normalized spacial score (nSPS) is 10.3. The van der Waals surface area contributed by atoms with E-state index in [9.17, 15) is 18.0 Å². The molecule has 110 valence electrons. The van der Waals surface area contributed by atoms with Gasteiger partial charge in [-0.1, -0.05) is 11.6 Å². The first-order chi connectivity index (χ1) is 9.95. The molecule has 2 aromatic carbocycles. The van der Waals surface area contributed by atoms with Gasteiger partial charge in [-0.25, -0.2) is 13.2 Å². The van der Waals surface area contributed by atoms with Crippen LogP contribution in [0.1, 0.15) is 0 Å². The van der Waals surface area contributed by atoms with Gasteiger partial charge in [0.25, 0.3) is 5.91 Å². The summed E-state index contributed by atoms with van der Waals surface area (Å²) in [7, 11) is 0. The molecule has 0 aliphatic carbocycles. The summed E-state index contributed by atoms with van der Waals surface area (Å²) in [6, 6.07) is 6.41. The number of rotatable bonds is 4. The summed E-state index contributed by atoms with van der Waals surface area (Å²) in [6.07, 6.45) is 0. The number of nitrogens with one attached hydrogen (secondary N) is 1. The largest absolute Gasteiger partial charge is 0.481 e. The number of hydrogen-bond donors (Lipinski definition) is 1. The Morgan fingerprint density at radius 1 is 1.10 bits per heavy atom. The molecule has 0 fully saturated rings. The predicted molar refractivity (Wildman–Crippen MR) is 71.9 cm³/mol. The van der Waals surface area contributed by atoms with Crippen LogP contribution in [-0.2, 0) is 4.79 Å². The molecule has 0 bridgehead atoms. The SMILES string of the molecule is O=C(COc1ccc(F)cc1F)Nc1ccc(Cl)cc1F. The Kier molecular flexibility index (Phi) is 4.70. The molecular formula is C14H9ClF3NO2. The van der Waals surface area contributed by atoms with E-state index in [1.165, 1.54) is 12.1 Å². The highest BCUT2D eigenvalue weighted by atomic mass is 35.5. The zero-order valence-electron chi connectivity index (χ0n) is 10.5. The Bertz CT molecular complexity index is 679. The monoisotopic (exact) mass is 315 g/mol. The van der Waals surface area contributed by atoms with Crippen LogP contribution in [0, 0.1) is 17.5 Å². The Morgan fingerprint density at radius 2 is 1.86 bits per heavy atom. The van der Waals surface area contributed by atoms with Gasteiger partial charge in [0.1, 0.15) is 11.6 Å². The topological polar surface area (TPSA) is 38.3 Å². The number of carbonyl (C=O) groups excluding carboxylic acids is 1. The standard InChI is InChI=1S/C14H9ClF3NO2/c15-8-1-3-12(10(17)5-8)19-14(20)7-21-13-4-2-9(16)6-11(13)18/h1-6H,7H2,(H,19,20). The summed E-state index contributed by atoms with van der Waals surface area (Å²) in [6.45, 7) is -0.551. The fourth-order valence-electron chi connectivity index (χ4n) is 1.51. The van der Waals surface area contributed by atoms with Crippen LogP contribution in [0.4, 0.5) is 18.9 Å². The molecule has 2 rings (SSSR count). The minimum absolute atomic E-state index is 0.0763. The number of anilines is 1. The van der Waals surface area contributed by atoms with Crippen LogP contribution in [0.3, 0.4) is 0 Å². The van der Waals surface area contributed by atoms with E-state index in [1.807, 2.05) is 0 Å². The molecule has 21 heavy (non-hydrogen) atoms. The number of ether oxygens (including phenoxy) is 1. The molecule has 3 nitrogen and oxygen atoms in total. The molecule has 2 aromatic rings. The van der Waals surface area contributed by atoms with Crippen LogP contribution in [0.15, 0.2) is 36.4 Å². The second-order valence-corrected chi connectivity index (χ2v) is 4.47. The summed E-state index contributed by atoms with van der Waals surface area (Å²) in [5.74, 6) is -3.36. The van der Waals surface area contributed by atoms with Crippen LogP contribution >= 0.6 is 11.6 Å². The third-order valence-electron chi connectivity index (χ3n) is 2.46. The van der Waals surface area contributed by atoms with Crippen molar-refractivity contribution >= 4 is 23.2 Å². The maximum atomic E-state index is 13.4. The maximum absolute atomic E-state index is 13.4. The highest BCUT2D eigenvalue weighted by Gasteiger charge is 2.10. The fourth-order valence-corrected chi connectivity index (χ4v) is 1.67. The lowest BCUT2D eigenvalue weighted by atomic mass is 10.3. The second kappa shape index (κ2) is 6.49. The number of amides is 1. The summed E-state index contributed by atoms with van der Waals surface area (Å²) in [4.78, 5) is 11.6. The molecule has 0 spiro atoms. The summed E-state index contributed by atoms with van der Waals surface area (Å²) < 4.78 is 44.3. The van der Waals surface area contributed by atoms with Crippen LogP contribution in [-0.4, -0.2) is 12.5 Å². The number of hydrogen-bond acceptors (Lipinski definition) is 2. The van der Waals surface area contributed by atoms with Crippen molar-refractivity contribution in [3.8, 4) is 5.75 Å². The van der Waals surface area contributed by atoms with Crippen molar-refractivity contribution in [2.24, 2.45) is 0 Å². The van der Waals surface area contributed by atoms with E-state index in [1.54, 1.807) is 0 Å². The molecular weight excluding hydrogens is 307 g/mol. The average molecular weight is 316 g/mol. The van der Waals surface area contributed by atoms with E-state index in [-0.39, 0.29) is 16.5 Å². The van der Waals surface area contributed by atoms with Gasteiger partial charge in [0.2, 0.25) is 0 Å². The molecule has 0 aliphatic rings. The van der Waals surface area contributed by atoms with Crippen LogP contribution in [0.5, 0.6) is 5.75 Å². The summed E-state index contributed by atoms with van der Waals surface area (Å²) >= 11 is 5.58. The lowest BCUT2D eigenvalue weighted by Gasteiger charge is -2.09. The quantitative estimate of drug-likeness (QED) is 0.932. The second-order valence-electron chi connectivity index (χ2n) is 4.04. The maximum Gasteiger partial charge on any atom is 0.262 e. The highest BCUT2D eigenvalue weighted by Crippen LogP contribution is 2.20. The van der Waals surface area contributed by atoms with E-state index in [0.717, 1.165) is 18.2 Å². The third-order valence-corrected chi connectivity index (χ3v) is 2.69. The Labute approximate surface area is 123 Å². The van der Waals surface area contributed by atoms with Gasteiger partial charge in [-0.2, -0.15) is 0 Å². The van der Waals surface area contributed by atoms with Crippen molar-refractivity contribution in [1.29, 1.82) is 0 Å². The first-order valence-corrected chi connectivity index (χ1v) is 6.16. The summed E-state index contributed by atoms with van der Waals surface area (Å²) in [5, 5.41) is 2.43. The van der Waals surface area contributed by atoms with Gasteiger partial charge in [0.05, 0.1) is 5.69 Å². The van der Waals surface area contributed by atoms with Gasteiger partial charge in [0, 0.05) is 11.1 Å². The molecule has 1 amide bonds. The van der Waals surface area contributed by atoms with Crippen LogP contribution in [0.2, 0.25) is 5.02 Å². The van der Waals surface area contributed by atoms with Crippen LogP contribution < -0.4 is 10.1 Å². The molecule has 0 atom stereocenters. The highest BCUT2D eigenvalue weighted by molar-refractivity contribution is 6.30. The first-order valence-electron chi connectivity index (χ1n) is 5.78. The lowest BCUT2D eigenvalue weighted by Crippen LogP contribution is -2.21. The smallest absolute Gasteiger partial charge is 0.262 e.